The maximum atomic E-state index is 12.0. The number of amides is 1. The Hall–Kier alpha value is -1.35. The molecule has 0 aliphatic heterocycles. The molecule has 92 valence electrons. The minimum absolute atomic E-state index is 0.0168. The molecular formula is C14H20N2O. The Bertz CT molecular complexity index is 407. The molecule has 1 unspecified atom stereocenters. The molecule has 1 saturated carbocycles. The molecule has 0 spiro atoms. The number of aryl methyl sites for hydroxylation is 1. The van der Waals surface area contributed by atoms with Crippen LogP contribution in [0.5, 0.6) is 0 Å². The van der Waals surface area contributed by atoms with Crippen molar-refractivity contribution >= 4 is 5.91 Å². The molecule has 0 aromatic heterocycles. The number of nitrogens with two attached hydrogens (primary N) is 1. The Morgan fingerprint density at radius 2 is 1.94 bits per heavy atom. The Kier molecular flexibility index (Phi) is 3.20. The molecule has 1 atom stereocenters. The van der Waals surface area contributed by atoms with Gasteiger partial charge in [0.15, 0.2) is 0 Å². The van der Waals surface area contributed by atoms with Crippen LogP contribution in [0.3, 0.4) is 0 Å². The topological polar surface area (TPSA) is 55.1 Å². The fourth-order valence-corrected chi connectivity index (χ4v) is 2.06. The lowest BCUT2D eigenvalue weighted by Gasteiger charge is -2.37. The second-order valence-electron chi connectivity index (χ2n) is 5.12. The van der Waals surface area contributed by atoms with Crippen LogP contribution in [0.2, 0.25) is 0 Å². The van der Waals surface area contributed by atoms with E-state index in [1.54, 1.807) is 0 Å². The van der Waals surface area contributed by atoms with Gasteiger partial charge >= 0.3 is 0 Å². The van der Waals surface area contributed by atoms with Crippen molar-refractivity contribution in [1.82, 2.24) is 5.32 Å². The molecule has 1 aliphatic carbocycles. The maximum Gasteiger partial charge on any atom is 0.240 e. The van der Waals surface area contributed by atoms with Crippen LogP contribution in [0.1, 0.15) is 43.4 Å². The van der Waals surface area contributed by atoms with E-state index < -0.39 is 5.54 Å². The van der Waals surface area contributed by atoms with Crippen molar-refractivity contribution in [3.8, 4) is 0 Å². The summed E-state index contributed by atoms with van der Waals surface area (Å²) in [5, 5.41) is 2.99. The zero-order valence-electron chi connectivity index (χ0n) is 10.5. The van der Waals surface area contributed by atoms with Gasteiger partial charge in [-0.25, -0.2) is 0 Å². The molecule has 3 heteroatoms. The van der Waals surface area contributed by atoms with Gasteiger partial charge in [-0.2, -0.15) is 0 Å². The first kappa shape index (κ1) is 12.1. The zero-order chi connectivity index (χ0) is 12.5. The third-order valence-electron chi connectivity index (χ3n) is 3.62. The van der Waals surface area contributed by atoms with Crippen molar-refractivity contribution in [2.75, 3.05) is 0 Å². The first-order valence-corrected chi connectivity index (χ1v) is 6.18. The average Bonchev–Trinajstić information content (AvgIpc) is 2.26. The molecule has 0 saturated heterocycles. The van der Waals surface area contributed by atoms with Crippen molar-refractivity contribution in [1.29, 1.82) is 0 Å². The summed E-state index contributed by atoms with van der Waals surface area (Å²) in [7, 11) is 0. The highest BCUT2D eigenvalue weighted by Gasteiger charge is 2.40. The normalized spacial score (nSPS) is 19.2. The fraction of sp³-hybridized carbons (Fsp3) is 0.500. The number of hydrogen-bond donors (Lipinski definition) is 2. The first-order chi connectivity index (χ1) is 8.01. The Morgan fingerprint density at radius 1 is 1.35 bits per heavy atom. The predicted molar refractivity (Wildman–Crippen MR) is 68.5 cm³/mol. The highest BCUT2D eigenvalue weighted by molar-refractivity contribution is 5.87. The molecule has 1 fully saturated rings. The summed E-state index contributed by atoms with van der Waals surface area (Å²) < 4.78 is 0. The third-order valence-corrected chi connectivity index (χ3v) is 3.62. The SMILES string of the molecule is Cc1ccc(C(C)NC(=O)C2(N)CCC2)cc1. The number of carbonyl (C=O) groups excluding carboxylic acids is 1. The molecule has 3 N–H and O–H groups in total. The van der Waals surface area contributed by atoms with Crippen molar-refractivity contribution in [2.45, 2.75) is 44.7 Å². The van der Waals surface area contributed by atoms with Crippen LogP contribution < -0.4 is 11.1 Å². The lowest BCUT2D eigenvalue weighted by atomic mass is 9.77. The smallest absolute Gasteiger partial charge is 0.240 e. The Balaban J connectivity index is 1.99. The van der Waals surface area contributed by atoms with Crippen LogP contribution in [0.4, 0.5) is 0 Å². The van der Waals surface area contributed by atoms with E-state index in [1.165, 1.54) is 5.56 Å². The Labute approximate surface area is 102 Å². The van der Waals surface area contributed by atoms with Gasteiger partial charge in [0, 0.05) is 0 Å². The van der Waals surface area contributed by atoms with Gasteiger partial charge in [-0.15, -0.1) is 0 Å². The van der Waals surface area contributed by atoms with Crippen LogP contribution in [-0.2, 0) is 4.79 Å². The molecule has 1 amide bonds. The maximum absolute atomic E-state index is 12.0. The Morgan fingerprint density at radius 3 is 2.41 bits per heavy atom. The summed E-state index contributed by atoms with van der Waals surface area (Å²) in [5.74, 6) is -0.0168. The van der Waals surface area contributed by atoms with E-state index in [9.17, 15) is 4.79 Å². The van der Waals surface area contributed by atoms with E-state index in [0.717, 1.165) is 24.8 Å². The van der Waals surface area contributed by atoms with Crippen LogP contribution >= 0.6 is 0 Å². The zero-order valence-corrected chi connectivity index (χ0v) is 10.5. The van der Waals surface area contributed by atoms with E-state index in [2.05, 4.69) is 24.4 Å². The molecule has 3 nitrogen and oxygen atoms in total. The van der Waals surface area contributed by atoms with Gasteiger partial charge in [0.25, 0.3) is 0 Å². The van der Waals surface area contributed by atoms with Gasteiger partial charge < -0.3 is 11.1 Å². The van der Waals surface area contributed by atoms with E-state index in [0.29, 0.717) is 0 Å². The van der Waals surface area contributed by atoms with Crippen LogP contribution in [0, 0.1) is 6.92 Å². The molecular weight excluding hydrogens is 212 g/mol. The quantitative estimate of drug-likeness (QED) is 0.838. The highest BCUT2D eigenvalue weighted by Crippen LogP contribution is 2.29. The lowest BCUT2D eigenvalue weighted by molar-refractivity contribution is -0.129. The van der Waals surface area contributed by atoms with E-state index in [4.69, 9.17) is 5.73 Å². The molecule has 0 heterocycles. The van der Waals surface area contributed by atoms with Gasteiger partial charge in [0.05, 0.1) is 11.6 Å². The molecule has 17 heavy (non-hydrogen) atoms. The second-order valence-corrected chi connectivity index (χ2v) is 5.12. The van der Waals surface area contributed by atoms with Gasteiger partial charge in [-0.1, -0.05) is 29.8 Å². The summed E-state index contributed by atoms with van der Waals surface area (Å²) in [5.41, 5.74) is 7.71. The monoisotopic (exact) mass is 232 g/mol. The number of hydrogen-bond acceptors (Lipinski definition) is 2. The van der Waals surface area contributed by atoms with Crippen molar-refractivity contribution in [3.63, 3.8) is 0 Å². The number of carbonyl (C=O) groups is 1. The van der Waals surface area contributed by atoms with Crippen molar-refractivity contribution in [3.05, 3.63) is 35.4 Å². The fourth-order valence-electron chi connectivity index (χ4n) is 2.06. The van der Waals surface area contributed by atoms with Crippen molar-refractivity contribution in [2.24, 2.45) is 5.73 Å². The van der Waals surface area contributed by atoms with Crippen molar-refractivity contribution < 1.29 is 4.79 Å². The lowest BCUT2D eigenvalue weighted by Crippen LogP contribution is -2.58. The molecule has 0 radical (unpaired) electrons. The van der Waals surface area contributed by atoms with Crippen LogP contribution in [0.25, 0.3) is 0 Å². The minimum Gasteiger partial charge on any atom is -0.348 e. The van der Waals surface area contributed by atoms with Gasteiger partial charge in [-0.3, -0.25) is 4.79 Å². The summed E-state index contributed by atoms with van der Waals surface area (Å²) in [6, 6.07) is 8.22. The predicted octanol–water partition coefficient (Wildman–Crippen LogP) is 2.05. The summed E-state index contributed by atoms with van der Waals surface area (Å²) >= 11 is 0. The minimum atomic E-state index is -0.612. The number of rotatable bonds is 3. The molecule has 0 bridgehead atoms. The molecule has 1 aromatic rings. The average molecular weight is 232 g/mol. The standard InChI is InChI=1S/C14H20N2O/c1-10-4-6-12(7-5-10)11(2)16-13(17)14(15)8-3-9-14/h4-7,11H,3,8-9,15H2,1-2H3,(H,16,17). The molecule has 2 rings (SSSR count). The summed E-state index contributed by atoms with van der Waals surface area (Å²) in [4.78, 5) is 12.0. The van der Waals surface area contributed by atoms with Crippen LogP contribution in [-0.4, -0.2) is 11.4 Å². The number of nitrogens with one attached hydrogen (secondary N) is 1. The second kappa shape index (κ2) is 4.49. The van der Waals surface area contributed by atoms with Gasteiger partial charge in [0.1, 0.15) is 0 Å². The summed E-state index contributed by atoms with van der Waals surface area (Å²) in [6.45, 7) is 4.04. The van der Waals surface area contributed by atoms with Gasteiger partial charge in [-0.05, 0) is 38.7 Å². The molecule has 1 aliphatic rings. The van der Waals surface area contributed by atoms with Crippen LogP contribution in [0.15, 0.2) is 24.3 Å². The van der Waals surface area contributed by atoms with E-state index >= 15 is 0 Å². The molecule has 1 aromatic carbocycles. The number of benzene rings is 1. The van der Waals surface area contributed by atoms with E-state index in [-0.39, 0.29) is 11.9 Å². The third kappa shape index (κ3) is 2.50. The van der Waals surface area contributed by atoms with Gasteiger partial charge in [0.2, 0.25) is 5.91 Å². The largest absolute Gasteiger partial charge is 0.348 e. The first-order valence-electron chi connectivity index (χ1n) is 6.18. The summed E-state index contributed by atoms with van der Waals surface area (Å²) in [6.07, 6.45) is 2.67. The van der Waals surface area contributed by atoms with E-state index in [1.807, 2.05) is 19.1 Å². The highest BCUT2D eigenvalue weighted by atomic mass is 16.2.